The SMILES string of the molecule is CC(C)CC(NC(=O)c1ccc(N(C)C)cc1)C(=O)N1CCC2C1C(=O)CN2C(=O)CC(F)(F)F. The van der Waals surface area contributed by atoms with Gasteiger partial charge < -0.3 is 20.0 Å². The van der Waals surface area contributed by atoms with Crippen LogP contribution in [0.3, 0.4) is 0 Å². The lowest BCUT2D eigenvalue weighted by atomic mass is 10.0. The second kappa shape index (κ2) is 10.2. The minimum absolute atomic E-state index is 0.0444. The van der Waals surface area contributed by atoms with E-state index in [0.29, 0.717) is 12.0 Å². The predicted octanol–water partition coefficient (Wildman–Crippen LogP) is 2.23. The molecule has 0 radical (unpaired) electrons. The molecular weight excluding hydrogens is 465 g/mol. The van der Waals surface area contributed by atoms with Crippen molar-refractivity contribution < 1.29 is 32.3 Å². The Hall–Kier alpha value is -3.11. The van der Waals surface area contributed by atoms with Gasteiger partial charge in [0.15, 0.2) is 5.78 Å². The van der Waals surface area contributed by atoms with Crippen LogP contribution in [-0.4, -0.2) is 84.8 Å². The fraction of sp³-hybridized carbons (Fsp3) is 0.583. The van der Waals surface area contributed by atoms with Crippen LogP contribution in [0.2, 0.25) is 0 Å². The van der Waals surface area contributed by atoms with Gasteiger partial charge in [0, 0.05) is 31.9 Å². The monoisotopic (exact) mass is 496 g/mol. The maximum Gasteiger partial charge on any atom is 0.397 e. The van der Waals surface area contributed by atoms with Crippen molar-refractivity contribution in [1.29, 1.82) is 0 Å². The summed E-state index contributed by atoms with van der Waals surface area (Å²) in [6, 6.07) is 4.17. The molecule has 2 fully saturated rings. The Kier molecular flexibility index (Phi) is 7.76. The molecule has 3 atom stereocenters. The molecule has 2 saturated heterocycles. The first-order valence-corrected chi connectivity index (χ1v) is 11.6. The highest BCUT2D eigenvalue weighted by atomic mass is 19.4. The van der Waals surface area contributed by atoms with Gasteiger partial charge in [0.05, 0.1) is 12.6 Å². The van der Waals surface area contributed by atoms with Crippen molar-refractivity contribution in [3.8, 4) is 0 Å². The van der Waals surface area contributed by atoms with E-state index in [4.69, 9.17) is 0 Å². The molecule has 1 N–H and O–H groups in total. The zero-order valence-corrected chi connectivity index (χ0v) is 20.3. The summed E-state index contributed by atoms with van der Waals surface area (Å²) in [5.74, 6) is -2.50. The van der Waals surface area contributed by atoms with E-state index in [9.17, 15) is 32.3 Å². The zero-order chi connectivity index (χ0) is 26.1. The lowest BCUT2D eigenvalue weighted by molar-refractivity contribution is -0.162. The van der Waals surface area contributed by atoms with Crippen molar-refractivity contribution in [2.24, 2.45) is 5.92 Å². The molecule has 0 spiro atoms. The molecule has 0 aromatic heterocycles. The van der Waals surface area contributed by atoms with Gasteiger partial charge in [-0.3, -0.25) is 19.2 Å². The van der Waals surface area contributed by atoms with Gasteiger partial charge >= 0.3 is 6.18 Å². The molecule has 0 saturated carbocycles. The third kappa shape index (κ3) is 6.12. The summed E-state index contributed by atoms with van der Waals surface area (Å²) in [6.45, 7) is 3.46. The van der Waals surface area contributed by atoms with Gasteiger partial charge in [0.2, 0.25) is 11.8 Å². The molecule has 2 heterocycles. The largest absolute Gasteiger partial charge is 0.397 e. The van der Waals surface area contributed by atoms with Gasteiger partial charge in [-0.15, -0.1) is 0 Å². The van der Waals surface area contributed by atoms with Crippen LogP contribution in [0.1, 0.15) is 43.5 Å². The molecule has 3 amide bonds. The molecule has 35 heavy (non-hydrogen) atoms. The number of alkyl halides is 3. The standard InChI is InChI=1S/C24H31F3N4O4/c1-14(2)11-17(28-22(34)15-5-7-16(8-6-15)29(3)4)23(35)30-10-9-18-21(30)19(32)13-31(18)20(33)12-24(25,26)27/h5-8,14,17-18,21H,9-13H2,1-4H3,(H,28,34). The first-order chi connectivity index (χ1) is 16.3. The number of benzene rings is 1. The molecule has 3 rings (SSSR count). The Morgan fingerprint density at radius 2 is 1.74 bits per heavy atom. The van der Waals surface area contributed by atoms with Crippen LogP contribution in [-0.2, 0) is 14.4 Å². The second-order valence-electron chi connectivity index (χ2n) is 9.71. The molecule has 1 aromatic rings. The lowest BCUT2D eigenvalue weighted by Gasteiger charge is -2.29. The average Bonchev–Trinajstić information content (AvgIpc) is 3.32. The highest BCUT2D eigenvalue weighted by molar-refractivity contribution is 6.01. The number of likely N-dealkylation sites (tertiary alicyclic amines) is 2. The van der Waals surface area contributed by atoms with Gasteiger partial charge in [-0.25, -0.2) is 0 Å². The van der Waals surface area contributed by atoms with Gasteiger partial charge in [0.25, 0.3) is 5.91 Å². The smallest absolute Gasteiger partial charge is 0.378 e. The van der Waals surface area contributed by atoms with Crippen molar-refractivity contribution in [3.05, 3.63) is 29.8 Å². The van der Waals surface area contributed by atoms with Crippen molar-refractivity contribution in [2.45, 2.75) is 57.4 Å². The number of nitrogens with one attached hydrogen (secondary N) is 1. The minimum atomic E-state index is -4.68. The van der Waals surface area contributed by atoms with Gasteiger partial charge in [-0.05, 0) is 43.0 Å². The quantitative estimate of drug-likeness (QED) is 0.626. The Labute approximate surface area is 202 Å². The zero-order valence-electron chi connectivity index (χ0n) is 20.3. The number of halogens is 3. The highest BCUT2D eigenvalue weighted by Gasteiger charge is 2.53. The molecular formula is C24H31F3N4O4. The summed E-state index contributed by atoms with van der Waals surface area (Å²) < 4.78 is 38.1. The Morgan fingerprint density at radius 3 is 2.29 bits per heavy atom. The van der Waals surface area contributed by atoms with Crippen LogP contribution in [0.4, 0.5) is 18.9 Å². The maximum absolute atomic E-state index is 13.5. The fourth-order valence-electron chi connectivity index (χ4n) is 4.71. The van der Waals surface area contributed by atoms with Crippen molar-refractivity contribution >= 4 is 29.2 Å². The predicted molar refractivity (Wildman–Crippen MR) is 123 cm³/mol. The molecule has 1 aromatic carbocycles. The van der Waals surface area contributed by atoms with Gasteiger partial charge in [0.1, 0.15) is 18.5 Å². The number of amides is 3. The third-order valence-electron chi connectivity index (χ3n) is 6.33. The van der Waals surface area contributed by atoms with Crippen molar-refractivity contribution in [3.63, 3.8) is 0 Å². The molecule has 192 valence electrons. The fourth-order valence-corrected chi connectivity index (χ4v) is 4.71. The maximum atomic E-state index is 13.5. The first kappa shape index (κ1) is 26.5. The van der Waals surface area contributed by atoms with Crippen LogP contribution in [0.5, 0.6) is 0 Å². The van der Waals surface area contributed by atoms with Crippen LogP contribution in [0.25, 0.3) is 0 Å². The summed E-state index contributed by atoms with van der Waals surface area (Å²) >= 11 is 0. The van der Waals surface area contributed by atoms with E-state index in [1.54, 1.807) is 24.3 Å². The average molecular weight is 497 g/mol. The summed E-state index contributed by atoms with van der Waals surface area (Å²) in [5.41, 5.74) is 1.28. The first-order valence-electron chi connectivity index (χ1n) is 11.6. The molecule has 11 heteroatoms. The summed E-state index contributed by atoms with van der Waals surface area (Å²) in [7, 11) is 3.75. The summed E-state index contributed by atoms with van der Waals surface area (Å²) in [6.07, 6.45) is -5.79. The number of rotatable bonds is 7. The van der Waals surface area contributed by atoms with Crippen LogP contribution in [0, 0.1) is 5.92 Å². The topological polar surface area (TPSA) is 90.0 Å². The number of carbonyl (C=O) groups excluding carboxylic acids is 4. The number of ketones is 1. The van der Waals surface area contributed by atoms with Crippen molar-refractivity contribution in [2.75, 3.05) is 32.1 Å². The summed E-state index contributed by atoms with van der Waals surface area (Å²) in [5, 5.41) is 2.77. The normalized spacial score (nSPS) is 20.7. The van der Waals surface area contributed by atoms with E-state index in [-0.39, 0.29) is 18.9 Å². The Bertz CT molecular complexity index is 978. The van der Waals surface area contributed by atoms with E-state index >= 15 is 0 Å². The molecule has 2 aliphatic rings. The van der Waals surface area contributed by atoms with Crippen LogP contribution in [0.15, 0.2) is 24.3 Å². The number of carbonyl (C=O) groups is 4. The van der Waals surface area contributed by atoms with Crippen LogP contribution >= 0.6 is 0 Å². The van der Waals surface area contributed by atoms with E-state index < -0.39 is 60.8 Å². The van der Waals surface area contributed by atoms with Crippen molar-refractivity contribution in [1.82, 2.24) is 15.1 Å². The molecule has 0 bridgehead atoms. The molecule has 3 unspecified atom stereocenters. The number of fused-ring (bicyclic) bond motifs is 1. The Morgan fingerprint density at radius 1 is 1.11 bits per heavy atom. The van der Waals surface area contributed by atoms with E-state index in [1.807, 2.05) is 32.8 Å². The lowest BCUT2D eigenvalue weighted by Crippen LogP contribution is -2.53. The minimum Gasteiger partial charge on any atom is -0.378 e. The van der Waals surface area contributed by atoms with Gasteiger partial charge in [-0.1, -0.05) is 13.8 Å². The van der Waals surface area contributed by atoms with Crippen LogP contribution < -0.4 is 10.2 Å². The molecule has 0 aliphatic carbocycles. The number of hydrogen-bond donors (Lipinski definition) is 1. The molecule has 2 aliphatic heterocycles. The number of hydrogen-bond acceptors (Lipinski definition) is 5. The highest BCUT2D eigenvalue weighted by Crippen LogP contribution is 2.32. The number of Topliss-reactive ketones (excluding diaryl/α,β-unsaturated/α-hetero) is 1. The van der Waals surface area contributed by atoms with E-state index in [0.717, 1.165) is 10.6 Å². The van der Waals surface area contributed by atoms with E-state index in [1.165, 1.54) is 4.90 Å². The summed E-state index contributed by atoms with van der Waals surface area (Å²) in [4.78, 5) is 55.3. The number of anilines is 1. The van der Waals surface area contributed by atoms with E-state index in [2.05, 4.69) is 5.32 Å². The Balaban J connectivity index is 1.75. The second-order valence-corrected chi connectivity index (χ2v) is 9.71. The number of nitrogens with zero attached hydrogens (tertiary/aromatic N) is 3. The van der Waals surface area contributed by atoms with Gasteiger partial charge in [-0.2, -0.15) is 13.2 Å². The third-order valence-corrected chi connectivity index (χ3v) is 6.33. The molecule has 8 nitrogen and oxygen atoms in total.